The first kappa shape index (κ1) is 20.5. The molecular formula is C19H30IN3O2. The highest BCUT2D eigenvalue weighted by atomic mass is 127. The highest BCUT2D eigenvalue weighted by Crippen LogP contribution is 2.40. The maximum atomic E-state index is 5.72. The summed E-state index contributed by atoms with van der Waals surface area (Å²) in [5.74, 6) is 2.10. The normalized spacial score (nSPS) is 25.3. The van der Waals surface area contributed by atoms with Crippen molar-refractivity contribution in [2.24, 2.45) is 10.9 Å². The summed E-state index contributed by atoms with van der Waals surface area (Å²) in [6.45, 7) is 4.25. The number of benzene rings is 1. The lowest BCUT2D eigenvalue weighted by Crippen LogP contribution is -2.39. The van der Waals surface area contributed by atoms with Crippen LogP contribution >= 0.6 is 24.0 Å². The highest BCUT2D eigenvalue weighted by Gasteiger charge is 2.38. The van der Waals surface area contributed by atoms with Crippen LogP contribution in [-0.2, 0) is 9.47 Å². The van der Waals surface area contributed by atoms with Crippen molar-refractivity contribution in [1.29, 1.82) is 0 Å². The quantitative estimate of drug-likeness (QED) is 0.272. The van der Waals surface area contributed by atoms with E-state index in [2.05, 4.69) is 46.0 Å². The zero-order valence-electron chi connectivity index (χ0n) is 14.9. The van der Waals surface area contributed by atoms with Gasteiger partial charge < -0.3 is 20.1 Å². The van der Waals surface area contributed by atoms with Gasteiger partial charge in [0.2, 0.25) is 0 Å². The molecule has 3 unspecified atom stereocenters. The number of ether oxygens (including phenoxy) is 2. The van der Waals surface area contributed by atoms with Crippen molar-refractivity contribution < 1.29 is 9.47 Å². The summed E-state index contributed by atoms with van der Waals surface area (Å²) in [5.41, 5.74) is 1.41. The van der Waals surface area contributed by atoms with Gasteiger partial charge in [-0.05, 0) is 24.8 Å². The number of nitrogens with zero attached hydrogens (tertiary/aromatic N) is 1. The van der Waals surface area contributed by atoms with Crippen molar-refractivity contribution in [3.05, 3.63) is 35.9 Å². The Morgan fingerprint density at radius 1 is 1.32 bits per heavy atom. The van der Waals surface area contributed by atoms with Crippen molar-refractivity contribution >= 4 is 29.9 Å². The molecule has 1 aromatic rings. The second-order valence-electron chi connectivity index (χ2n) is 6.66. The van der Waals surface area contributed by atoms with Crippen LogP contribution in [0, 0.1) is 5.92 Å². The number of rotatable bonds is 8. The molecule has 1 aromatic carbocycles. The van der Waals surface area contributed by atoms with Gasteiger partial charge >= 0.3 is 0 Å². The topological polar surface area (TPSA) is 54.9 Å². The molecule has 2 fully saturated rings. The molecule has 2 aliphatic rings. The average Bonchev–Trinajstić information content (AvgIpc) is 3.19. The zero-order valence-corrected chi connectivity index (χ0v) is 17.3. The van der Waals surface area contributed by atoms with Crippen LogP contribution in [0.2, 0.25) is 0 Å². The van der Waals surface area contributed by atoms with E-state index in [1.165, 1.54) is 12.0 Å². The molecule has 5 nitrogen and oxygen atoms in total. The molecule has 1 aliphatic carbocycles. The van der Waals surface area contributed by atoms with E-state index in [-0.39, 0.29) is 24.0 Å². The summed E-state index contributed by atoms with van der Waals surface area (Å²) in [5, 5.41) is 6.88. The molecule has 1 heterocycles. The predicted octanol–water partition coefficient (Wildman–Crippen LogP) is 2.77. The Labute approximate surface area is 168 Å². The van der Waals surface area contributed by atoms with Gasteiger partial charge in [0.05, 0.1) is 13.2 Å². The van der Waals surface area contributed by atoms with E-state index >= 15 is 0 Å². The van der Waals surface area contributed by atoms with Gasteiger partial charge in [-0.1, -0.05) is 30.3 Å². The molecule has 1 aliphatic heterocycles. The fraction of sp³-hybridized carbons (Fsp3) is 0.632. The molecule has 0 bridgehead atoms. The van der Waals surface area contributed by atoms with Crippen LogP contribution in [0.1, 0.15) is 30.7 Å². The van der Waals surface area contributed by atoms with E-state index < -0.39 is 0 Å². The molecule has 1 saturated heterocycles. The molecule has 3 rings (SSSR count). The second-order valence-corrected chi connectivity index (χ2v) is 6.66. The van der Waals surface area contributed by atoms with Crippen LogP contribution in [0.15, 0.2) is 35.3 Å². The maximum Gasteiger partial charge on any atom is 0.191 e. The number of halogens is 1. The molecule has 140 valence electrons. The Kier molecular flexibility index (Phi) is 8.98. The fourth-order valence-corrected chi connectivity index (χ4v) is 3.14. The minimum atomic E-state index is 0. The van der Waals surface area contributed by atoms with Gasteiger partial charge in [0, 0.05) is 44.7 Å². The van der Waals surface area contributed by atoms with Crippen molar-refractivity contribution in [2.45, 2.75) is 31.2 Å². The van der Waals surface area contributed by atoms with E-state index in [1.807, 2.05) is 7.05 Å². The largest absolute Gasteiger partial charge is 0.381 e. The predicted molar refractivity (Wildman–Crippen MR) is 112 cm³/mol. The number of guanidine groups is 1. The smallest absolute Gasteiger partial charge is 0.191 e. The third kappa shape index (κ3) is 6.75. The van der Waals surface area contributed by atoms with Crippen molar-refractivity contribution in [3.8, 4) is 0 Å². The van der Waals surface area contributed by atoms with Gasteiger partial charge in [-0.15, -0.1) is 24.0 Å². The van der Waals surface area contributed by atoms with Crippen LogP contribution in [0.3, 0.4) is 0 Å². The summed E-state index contributed by atoms with van der Waals surface area (Å²) >= 11 is 0. The molecule has 6 heteroatoms. The van der Waals surface area contributed by atoms with Crippen molar-refractivity contribution in [2.75, 3.05) is 40.0 Å². The summed E-state index contributed by atoms with van der Waals surface area (Å²) in [7, 11) is 1.83. The fourth-order valence-electron chi connectivity index (χ4n) is 3.14. The van der Waals surface area contributed by atoms with Gasteiger partial charge in [-0.25, -0.2) is 0 Å². The van der Waals surface area contributed by atoms with Crippen molar-refractivity contribution in [3.63, 3.8) is 0 Å². The summed E-state index contributed by atoms with van der Waals surface area (Å²) in [4.78, 5) is 4.31. The first-order chi connectivity index (χ1) is 11.9. The average molecular weight is 459 g/mol. The third-order valence-corrected chi connectivity index (χ3v) is 4.70. The molecule has 0 amide bonds. The Morgan fingerprint density at radius 3 is 2.88 bits per heavy atom. The summed E-state index contributed by atoms with van der Waals surface area (Å²) in [6.07, 6.45) is 3.30. The number of aliphatic imine (C=N–C) groups is 1. The van der Waals surface area contributed by atoms with Gasteiger partial charge in [-0.2, -0.15) is 0 Å². The molecule has 2 N–H and O–H groups in total. The van der Waals surface area contributed by atoms with Gasteiger partial charge in [0.25, 0.3) is 0 Å². The van der Waals surface area contributed by atoms with Crippen LogP contribution in [-0.4, -0.2) is 52.0 Å². The lowest BCUT2D eigenvalue weighted by atomic mass is 10.1. The molecule has 3 atom stereocenters. The van der Waals surface area contributed by atoms with Crippen LogP contribution in [0.5, 0.6) is 0 Å². The van der Waals surface area contributed by atoms with Gasteiger partial charge in [0.15, 0.2) is 5.96 Å². The minimum Gasteiger partial charge on any atom is -0.381 e. The van der Waals surface area contributed by atoms with Crippen LogP contribution < -0.4 is 10.6 Å². The molecular weight excluding hydrogens is 429 g/mol. The molecule has 25 heavy (non-hydrogen) atoms. The highest BCUT2D eigenvalue weighted by molar-refractivity contribution is 14.0. The monoisotopic (exact) mass is 459 g/mol. The molecule has 0 radical (unpaired) electrons. The molecule has 1 saturated carbocycles. The van der Waals surface area contributed by atoms with E-state index in [4.69, 9.17) is 9.47 Å². The third-order valence-electron chi connectivity index (χ3n) is 4.70. The van der Waals surface area contributed by atoms with Crippen molar-refractivity contribution in [1.82, 2.24) is 10.6 Å². The van der Waals surface area contributed by atoms with E-state index in [0.717, 1.165) is 51.8 Å². The Morgan fingerprint density at radius 2 is 2.16 bits per heavy atom. The number of nitrogens with one attached hydrogen (secondary N) is 2. The standard InChI is InChI=1S/C19H29N3O2.HI/c1-20-19(21-9-5-10-23-13-15-8-11-24-14-15)22-18-12-17(18)16-6-3-2-4-7-16;/h2-4,6-7,15,17-18H,5,8-14H2,1H3,(H2,20,21,22);1H. The minimum absolute atomic E-state index is 0. The molecule has 0 spiro atoms. The summed E-state index contributed by atoms with van der Waals surface area (Å²) < 4.78 is 11.1. The number of hydrogen-bond donors (Lipinski definition) is 2. The van der Waals surface area contributed by atoms with E-state index in [0.29, 0.717) is 17.9 Å². The maximum absolute atomic E-state index is 5.72. The number of hydrogen-bond acceptors (Lipinski definition) is 3. The van der Waals surface area contributed by atoms with E-state index in [1.54, 1.807) is 0 Å². The Hall–Kier alpha value is -0.860. The zero-order chi connectivity index (χ0) is 16.6. The summed E-state index contributed by atoms with van der Waals surface area (Å²) in [6, 6.07) is 11.2. The Bertz CT molecular complexity index is 521. The van der Waals surface area contributed by atoms with Crippen LogP contribution in [0.25, 0.3) is 0 Å². The molecule has 0 aromatic heterocycles. The lowest BCUT2D eigenvalue weighted by Gasteiger charge is -2.12. The first-order valence-electron chi connectivity index (χ1n) is 9.04. The second kappa shape index (κ2) is 11.0. The first-order valence-corrected chi connectivity index (χ1v) is 9.04. The Balaban J connectivity index is 0.00000225. The lowest BCUT2D eigenvalue weighted by molar-refractivity contribution is 0.0888. The van der Waals surface area contributed by atoms with E-state index in [9.17, 15) is 0 Å². The van der Waals surface area contributed by atoms with Gasteiger partial charge in [-0.3, -0.25) is 4.99 Å². The van der Waals surface area contributed by atoms with Gasteiger partial charge in [0.1, 0.15) is 0 Å². The SMILES string of the molecule is CN=C(NCCCOCC1CCOC1)NC1CC1c1ccccc1.I. The van der Waals surface area contributed by atoms with Crippen LogP contribution in [0.4, 0.5) is 0 Å².